The van der Waals surface area contributed by atoms with Gasteiger partial charge in [0, 0.05) is 36.6 Å². The average molecular weight is 440 g/mol. The Morgan fingerprint density at radius 3 is 2.70 bits per heavy atom. The first kappa shape index (κ1) is 19.8. The summed E-state index contributed by atoms with van der Waals surface area (Å²) in [6.07, 6.45) is 4.23. The molecule has 3 rings (SSSR count). The van der Waals surface area contributed by atoms with Crippen LogP contribution in [0.3, 0.4) is 0 Å². The van der Waals surface area contributed by atoms with Crippen LogP contribution >= 0.6 is 15.9 Å². The van der Waals surface area contributed by atoms with Gasteiger partial charge in [-0.3, -0.25) is 14.5 Å². The van der Waals surface area contributed by atoms with Gasteiger partial charge in [0.05, 0.1) is 0 Å². The Bertz CT molecular complexity index is 765. The van der Waals surface area contributed by atoms with E-state index in [1.165, 1.54) is 11.0 Å². The van der Waals surface area contributed by atoms with Crippen molar-refractivity contribution in [3.05, 3.63) is 34.1 Å². The van der Waals surface area contributed by atoms with E-state index in [1.54, 1.807) is 19.2 Å². The lowest BCUT2D eigenvalue weighted by Gasteiger charge is -2.30. The molecule has 146 valence electrons. The first-order valence-electron chi connectivity index (χ1n) is 9.14. The van der Waals surface area contributed by atoms with Crippen LogP contribution in [-0.2, 0) is 16.1 Å². The van der Waals surface area contributed by atoms with Crippen molar-refractivity contribution < 1.29 is 18.8 Å². The standard InChI is InChI=1S/C19H23BrFN3O3/c1-23(12-13-11-14(20)5-6-15(13)21)16(25)7-10-24-17(26)19(22-18(24)27)8-3-2-4-9-19/h5-6,11H,2-4,7-10,12H2,1H3,(H,22,27). The van der Waals surface area contributed by atoms with Crippen LogP contribution in [-0.4, -0.2) is 46.8 Å². The average Bonchev–Trinajstić information content (AvgIpc) is 2.86. The van der Waals surface area contributed by atoms with Gasteiger partial charge in [0.2, 0.25) is 5.91 Å². The summed E-state index contributed by atoms with van der Waals surface area (Å²) >= 11 is 3.29. The second-order valence-electron chi connectivity index (χ2n) is 7.27. The van der Waals surface area contributed by atoms with Crippen LogP contribution in [0.4, 0.5) is 9.18 Å². The van der Waals surface area contributed by atoms with E-state index in [2.05, 4.69) is 21.2 Å². The van der Waals surface area contributed by atoms with Crippen LogP contribution in [0.1, 0.15) is 44.1 Å². The van der Waals surface area contributed by atoms with Gasteiger partial charge in [0.25, 0.3) is 5.91 Å². The molecule has 1 aromatic rings. The maximum absolute atomic E-state index is 13.9. The van der Waals surface area contributed by atoms with Crippen LogP contribution in [0.2, 0.25) is 0 Å². The van der Waals surface area contributed by atoms with E-state index in [0.29, 0.717) is 18.4 Å². The lowest BCUT2D eigenvalue weighted by molar-refractivity contribution is -0.134. The van der Waals surface area contributed by atoms with E-state index in [9.17, 15) is 18.8 Å². The quantitative estimate of drug-likeness (QED) is 0.716. The molecule has 1 aliphatic heterocycles. The number of hydrogen-bond acceptors (Lipinski definition) is 3. The Kier molecular flexibility index (Phi) is 5.83. The van der Waals surface area contributed by atoms with Crippen molar-refractivity contribution in [2.24, 2.45) is 0 Å². The molecule has 0 unspecified atom stereocenters. The molecule has 0 atom stereocenters. The minimum Gasteiger partial charge on any atom is -0.341 e. The Hall–Kier alpha value is -1.96. The van der Waals surface area contributed by atoms with Gasteiger partial charge >= 0.3 is 6.03 Å². The number of imide groups is 1. The van der Waals surface area contributed by atoms with Crippen molar-refractivity contribution in [3.63, 3.8) is 0 Å². The number of amides is 4. The molecule has 2 fully saturated rings. The van der Waals surface area contributed by atoms with Crippen molar-refractivity contribution in [2.45, 2.75) is 50.6 Å². The van der Waals surface area contributed by atoms with Gasteiger partial charge in [-0.2, -0.15) is 0 Å². The second-order valence-corrected chi connectivity index (χ2v) is 8.18. The first-order chi connectivity index (χ1) is 12.8. The summed E-state index contributed by atoms with van der Waals surface area (Å²) in [6, 6.07) is 4.15. The lowest BCUT2D eigenvalue weighted by Crippen LogP contribution is -2.48. The number of carbonyl (C=O) groups excluding carboxylic acids is 3. The second kappa shape index (κ2) is 7.96. The molecule has 1 saturated carbocycles. The molecule has 8 heteroatoms. The van der Waals surface area contributed by atoms with Gasteiger partial charge < -0.3 is 10.2 Å². The van der Waals surface area contributed by atoms with Crippen LogP contribution in [0.25, 0.3) is 0 Å². The number of rotatable bonds is 5. The highest BCUT2D eigenvalue weighted by molar-refractivity contribution is 9.10. The Morgan fingerprint density at radius 1 is 1.30 bits per heavy atom. The van der Waals surface area contributed by atoms with Crippen LogP contribution in [0.15, 0.2) is 22.7 Å². The maximum atomic E-state index is 13.9. The highest BCUT2D eigenvalue weighted by atomic mass is 79.9. The smallest absolute Gasteiger partial charge is 0.325 e. The van der Waals surface area contributed by atoms with Gasteiger partial charge in [-0.25, -0.2) is 9.18 Å². The molecule has 0 radical (unpaired) electrons. The maximum Gasteiger partial charge on any atom is 0.325 e. The number of halogens is 2. The molecule has 27 heavy (non-hydrogen) atoms. The first-order valence-corrected chi connectivity index (χ1v) is 9.94. The van der Waals surface area contributed by atoms with Crippen molar-refractivity contribution in [1.82, 2.24) is 15.1 Å². The van der Waals surface area contributed by atoms with Gasteiger partial charge in [-0.15, -0.1) is 0 Å². The fourth-order valence-electron chi connectivity index (χ4n) is 3.78. The number of nitrogens with zero attached hydrogens (tertiary/aromatic N) is 2. The summed E-state index contributed by atoms with van der Waals surface area (Å²) < 4.78 is 14.6. The molecule has 1 heterocycles. The van der Waals surface area contributed by atoms with Gasteiger partial charge in [0.15, 0.2) is 0 Å². The van der Waals surface area contributed by atoms with E-state index in [1.807, 2.05) is 0 Å². The van der Waals surface area contributed by atoms with E-state index in [-0.39, 0.29) is 37.1 Å². The molecule has 4 amide bonds. The highest BCUT2D eigenvalue weighted by Gasteiger charge is 2.51. The molecule has 0 aromatic heterocycles. The predicted octanol–water partition coefficient (Wildman–Crippen LogP) is 3.19. The zero-order valence-corrected chi connectivity index (χ0v) is 16.9. The van der Waals surface area contributed by atoms with Crippen molar-refractivity contribution in [2.75, 3.05) is 13.6 Å². The summed E-state index contributed by atoms with van der Waals surface area (Å²) in [5, 5.41) is 2.83. The summed E-state index contributed by atoms with van der Waals surface area (Å²) in [7, 11) is 1.58. The highest BCUT2D eigenvalue weighted by Crippen LogP contribution is 2.33. The predicted molar refractivity (Wildman–Crippen MR) is 101 cm³/mol. The number of carbonyl (C=O) groups is 3. The molecule has 1 saturated heterocycles. The van der Waals surface area contributed by atoms with E-state index in [0.717, 1.165) is 28.6 Å². The molecular formula is C19H23BrFN3O3. The number of nitrogens with one attached hydrogen (secondary N) is 1. The van der Waals surface area contributed by atoms with E-state index in [4.69, 9.17) is 0 Å². The molecule has 1 spiro atoms. The number of benzene rings is 1. The Labute approximate surface area is 166 Å². The van der Waals surface area contributed by atoms with Crippen LogP contribution in [0.5, 0.6) is 0 Å². The largest absolute Gasteiger partial charge is 0.341 e. The molecule has 1 aromatic carbocycles. The van der Waals surface area contributed by atoms with E-state index < -0.39 is 11.6 Å². The van der Waals surface area contributed by atoms with Crippen molar-refractivity contribution in [1.29, 1.82) is 0 Å². The number of hydrogen-bond donors (Lipinski definition) is 1. The molecular weight excluding hydrogens is 417 g/mol. The monoisotopic (exact) mass is 439 g/mol. The molecule has 1 N–H and O–H groups in total. The normalized spacial score (nSPS) is 18.7. The van der Waals surface area contributed by atoms with E-state index >= 15 is 0 Å². The molecule has 2 aliphatic rings. The van der Waals surface area contributed by atoms with Gasteiger partial charge in [-0.1, -0.05) is 35.2 Å². The molecule has 0 bridgehead atoms. The van der Waals surface area contributed by atoms with Crippen LogP contribution in [0, 0.1) is 5.82 Å². The minimum absolute atomic E-state index is 0.0152. The third-order valence-electron chi connectivity index (χ3n) is 5.34. The Balaban J connectivity index is 1.57. The molecule has 6 nitrogen and oxygen atoms in total. The zero-order valence-electron chi connectivity index (χ0n) is 15.3. The fourth-order valence-corrected chi connectivity index (χ4v) is 4.19. The van der Waals surface area contributed by atoms with Gasteiger partial charge in [0.1, 0.15) is 11.4 Å². The Morgan fingerprint density at radius 2 is 2.00 bits per heavy atom. The lowest BCUT2D eigenvalue weighted by atomic mass is 9.82. The molecule has 1 aliphatic carbocycles. The third kappa shape index (κ3) is 4.15. The third-order valence-corrected chi connectivity index (χ3v) is 5.84. The summed E-state index contributed by atoms with van der Waals surface area (Å²) in [5.41, 5.74) is -0.375. The number of urea groups is 1. The summed E-state index contributed by atoms with van der Waals surface area (Å²) in [4.78, 5) is 39.9. The van der Waals surface area contributed by atoms with Crippen molar-refractivity contribution in [3.8, 4) is 0 Å². The SMILES string of the molecule is CN(Cc1cc(Br)ccc1F)C(=O)CCN1C(=O)NC2(CCCCC2)C1=O. The topological polar surface area (TPSA) is 69.7 Å². The van der Waals surface area contributed by atoms with Gasteiger partial charge in [-0.05, 0) is 31.0 Å². The fraction of sp³-hybridized carbons (Fsp3) is 0.526. The minimum atomic E-state index is -0.774. The zero-order chi connectivity index (χ0) is 19.6. The summed E-state index contributed by atoms with van der Waals surface area (Å²) in [6.45, 7) is 0.157. The summed E-state index contributed by atoms with van der Waals surface area (Å²) in [5.74, 6) is -0.855. The van der Waals surface area contributed by atoms with Crippen molar-refractivity contribution >= 4 is 33.8 Å². The van der Waals surface area contributed by atoms with Crippen LogP contribution < -0.4 is 5.32 Å².